The number of hydrogen-bond donors (Lipinski definition) is 2. The van der Waals surface area contributed by atoms with Crippen molar-refractivity contribution in [3.63, 3.8) is 0 Å². The topological polar surface area (TPSA) is 66.8 Å². The van der Waals surface area contributed by atoms with Gasteiger partial charge in [0.1, 0.15) is 0 Å². The third-order valence-corrected chi connectivity index (χ3v) is 5.57. The molecule has 0 aromatic carbocycles. The summed E-state index contributed by atoms with van der Waals surface area (Å²) in [4.78, 5) is 7.07. The molecule has 5 heteroatoms. The summed E-state index contributed by atoms with van der Waals surface area (Å²) in [5.74, 6) is 1.56. The Morgan fingerprint density at radius 2 is 2.32 bits per heavy atom. The van der Waals surface area contributed by atoms with Crippen molar-refractivity contribution in [2.24, 2.45) is 16.6 Å². The van der Waals surface area contributed by atoms with E-state index in [4.69, 9.17) is 10.2 Å². The predicted molar refractivity (Wildman–Crippen MR) is 99.8 cm³/mol. The summed E-state index contributed by atoms with van der Waals surface area (Å²) >= 11 is 0. The van der Waals surface area contributed by atoms with E-state index in [9.17, 15) is 0 Å². The third-order valence-electron chi connectivity index (χ3n) is 5.57. The van der Waals surface area contributed by atoms with Gasteiger partial charge in [-0.3, -0.25) is 0 Å². The van der Waals surface area contributed by atoms with E-state index in [2.05, 4.69) is 40.6 Å². The maximum Gasteiger partial charge on any atom is 0.168 e. The van der Waals surface area contributed by atoms with E-state index in [1.807, 2.05) is 12.1 Å². The Labute approximate surface area is 149 Å². The van der Waals surface area contributed by atoms with E-state index >= 15 is 0 Å². The first kappa shape index (κ1) is 16.2. The molecule has 2 atom stereocenters. The van der Waals surface area contributed by atoms with E-state index in [1.165, 1.54) is 37.1 Å². The van der Waals surface area contributed by atoms with Gasteiger partial charge < -0.3 is 20.4 Å². The van der Waals surface area contributed by atoms with E-state index in [0.717, 1.165) is 18.5 Å². The number of fused-ring (bicyclic) bond motifs is 1. The van der Waals surface area contributed by atoms with Crippen LogP contribution in [0, 0.1) is 5.92 Å². The van der Waals surface area contributed by atoms with Gasteiger partial charge in [-0.15, -0.1) is 0 Å². The van der Waals surface area contributed by atoms with E-state index in [-0.39, 0.29) is 0 Å². The first-order chi connectivity index (χ1) is 12.2. The molecule has 0 bridgehead atoms. The Balaban J connectivity index is 1.43. The molecule has 25 heavy (non-hydrogen) atoms. The molecule has 132 valence electrons. The molecule has 0 saturated carbocycles. The van der Waals surface area contributed by atoms with Gasteiger partial charge in [-0.05, 0) is 75.6 Å². The van der Waals surface area contributed by atoms with E-state index < -0.39 is 0 Å². The second-order valence-electron chi connectivity index (χ2n) is 7.19. The molecular formula is C20H26N4O. The zero-order valence-electron chi connectivity index (χ0n) is 14.7. The molecule has 1 aromatic rings. The summed E-state index contributed by atoms with van der Waals surface area (Å²) in [7, 11) is 2.25. The number of nitrogens with one attached hydrogen (secondary N) is 1. The van der Waals surface area contributed by atoms with Gasteiger partial charge in [0.05, 0.1) is 6.26 Å². The second-order valence-corrected chi connectivity index (χ2v) is 7.19. The van der Waals surface area contributed by atoms with Crippen LogP contribution in [0.15, 0.2) is 63.1 Å². The SMILES string of the molecule is CN1CCCC1CC1=CNC2=CC=C(N=C(N)c3ccco3)CCC12. The third kappa shape index (κ3) is 3.42. The van der Waals surface area contributed by atoms with Crippen molar-refractivity contribution in [2.45, 2.75) is 38.1 Å². The maximum absolute atomic E-state index is 6.05. The van der Waals surface area contributed by atoms with Crippen LogP contribution in [-0.2, 0) is 0 Å². The lowest BCUT2D eigenvalue weighted by molar-refractivity contribution is 0.304. The fraction of sp³-hybridized carbons (Fsp3) is 0.450. The van der Waals surface area contributed by atoms with Crippen molar-refractivity contribution in [2.75, 3.05) is 13.6 Å². The lowest BCUT2D eigenvalue weighted by Crippen LogP contribution is -2.26. The summed E-state index contributed by atoms with van der Waals surface area (Å²) in [6.45, 7) is 1.23. The minimum Gasteiger partial charge on any atom is -0.461 e. The van der Waals surface area contributed by atoms with Crippen molar-refractivity contribution in [3.8, 4) is 0 Å². The smallest absolute Gasteiger partial charge is 0.168 e. The molecule has 3 aliphatic rings. The van der Waals surface area contributed by atoms with Gasteiger partial charge in [-0.1, -0.05) is 0 Å². The highest BCUT2D eigenvalue weighted by Crippen LogP contribution is 2.36. The molecule has 2 unspecified atom stereocenters. The van der Waals surface area contributed by atoms with Crippen molar-refractivity contribution < 1.29 is 4.42 Å². The Morgan fingerprint density at radius 1 is 1.40 bits per heavy atom. The van der Waals surface area contributed by atoms with Crippen LogP contribution >= 0.6 is 0 Å². The highest BCUT2D eigenvalue weighted by atomic mass is 16.3. The summed E-state index contributed by atoms with van der Waals surface area (Å²) in [6, 6.07) is 4.35. The Kier molecular flexibility index (Phi) is 4.49. The average Bonchev–Trinajstić information content (AvgIpc) is 3.32. The molecule has 4 rings (SSSR count). The van der Waals surface area contributed by atoms with Gasteiger partial charge in [0.25, 0.3) is 0 Å². The van der Waals surface area contributed by atoms with Crippen molar-refractivity contribution in [1.82, 2.24) is 10.2 Å². The number of allylic oxidation sites excluding steroid dienone is 4. The Morgan fingerprint density at radius 3 is 3.08 bits per heavy atom. The predicted octanol–water partition coefficient (Wildman–Crippen LogP) is 3.13. The molecule has 1 saturated heterocycles. The zero-order chi connectivity index (χ0) is 17.2. The summed E-state index contributed by atoms with van der Waals surface area (Å²) in [5, 5.41) is 3.48. The van der Waals surface area contributed by atoms with Crippen LogP contribution in [0.2, 0.25) is 0 Å². The number of furan rings is 1. The summed E-state index contributed by atoms with van der Waals surface area (Å²) in [6.07, 6.45) is 13.9. The molecule has 3 N–H and O–H groups in total. The van der Waals surface area contributed by atoms with Crippen molar-refractivity contribution in [1.29, 1.82) is 0 Å². The largest absolute Gasteiger partial charge is 0.461 e. The monoisotopic (exact) mass is 338 g/mol. The van der Waals surface area contributed by atoms with Gasteiger partial charge in [0.15, 0.2) is 11.6 Å². The van der Waals surface area contributed by atoms with Crippen LogP contribution < -0.4 is 11.1 Å². The normalized spacial score (nSPS) is 27.2. The van der Waals surface area contributed by atoms with Gasteiger partial charge >= 0.3 is 0 Å². The molecule has 1 aliphatic carbocycles. The number of amidine groups is 1. The summed E-state index contributed by atoms with van der Waals surface area (Å²) in [5.41, 5.74) is 9.88. The minimum atomic E-state index is 0.443. The minimum absolute atomic E-state index is 0.443. The van der Waals surface area contributed by atoms with Crippen LogP contribution in [0.1, 0.15) is 37.9 Å². The number of rotatable bonds is 4. The zero-order valence-corrected chi connectivity index (χ0v) is 14.7. The molecular weight excluding hydrogens is 312 g/mol. The number of aliphatic imine (C=N–C) groups is 1. The average molecular weight is 338 g/mol. The Hall–Kier alpha value is -2.27. The maximum atomic E-state index is 6.05. The number of nitrogens with zero attached hydrogens (tertiary/aromatic N) is 2. The first-order valence-corrected chi connectivity index (χ1v) is 9.15. The molecule has 0 amide bonds. The Bertz CT molecular complexity index is 742. The lowest BCUT2D eigenvalue weighted by Gasteiger charge is -2.22. The van der Waals surface area contributed by atoms with E-state index in [0.29, 0.717) is 23.6 Å². The van der Waals surface area contributed by atoms with Crippen molar-refractivity contribution >= 4 is 5.84 Å². The van der Waals surface area contributed by atoms with Gasteiger partial charge in [0, 0.05) is 29.6 Å². The van der Waals surface area contributed by atoms with E-state index in [1.54, 1.807) is 6.26 Å². The first-order valence-electron chi connectivity index (χ1n) is 9.15. The molecule has 0 spiro atoms. The fourth-order valence-electron chi connectivity index (χ4n) is 4.08. The van der Waals surface area contributed by atoms with Gasteiger partial charge in [-0.25, -0.2) is 4.99 Å². The second kappa shape index (κ2) is 6.92. The lowest BCUT2D eigenvalue weighted by atomic mass is 9.89. The van der Waals surface area contributed by atoms with Crippen LogP contribution in [0.5, 0.6) is 0 Å². The van der Waals surface area contributed by atoms with Crippen LogP contribution in [0.4, 0.5) is 0 Å². The van der Waals surface area contributed by atoms with Crippen LogP contribution in [0.25, 0.3) is 0 Å². The number of likely N-dealkylation sites (tertiary alicyclic amines) is 1. The fourth-order valence-corrected chi connectivity index (χ4v) is 4.08. The molecule has 5 nitrogen and oxygen atoms in total. The molecule has 2 aliphatic heterocycles. The number of nitrogens with two attached hydrogens (primary N) is 1. The summed E-state index contributed by atoms with van der Waals surface area (Å²) < 4.78 is 5.32. The molecule has 1 fully saturated rings. The molecule has 1 aromatic heterocycles. The highest BCUT2D eigenvalue weighted by molar-refractivity contribution is 5.95. The number of hydrogen-bond acceptors (Lipinski definition) is 4. The van der Waals surface area contributed by atoms with Gasteiger partial charge in [0.2, 0.25) is 0 Å². The van der Waals surface area contributed by atoms with Crippen LogP contribution in [-0.4, -0.2) is 30.4 Å². The van der Waals surface area contributed by atoms with Crippen LogP contribution in [0.3, 0.4) is 0 Å². The van der Waals surface area contributed by atoms with Gasteiger partial charge in [-0.2, -0.15) is 0 Å². The standard InChI is InChI=1S/C20H26N4O/c1-24-10-2-4-16(24)12-14-13-22-18-9-7-15(6-8-17(14)18)23-20(21)19-5-3-11-25-19/h3,5,7,9,11,13,16-17,22H,2,4,6,8,10,12H2,1H3,(H2,21,23). The molecule has 0 radical (unpaired) electrons. The molecule has 3 heterocycles. The quantitative estimate of drug-likeness (QED) is 0.654. The van der Waals surface area contributed by atoms with Crippen molar-refractivity contribution in [3.05, 3.63) is 59.5 Å². The highest BCUT2D eigenvalue weighted by Gasteiger charge is 2.30.